The second kappa shape index (κ2) is 8.49. The Kier molecular flexibility index (Phi) is 5.49. The molecule has 2 N–H and O–H groups in total. The molecule has 0 saturated heterocycles. The van der Waals surface area contributed by atoms with Crippen molar-refractivity contribution in [2.45, 2.75) is 33.7 Å². The molecule has 4 aromatic rings. The van der Waals surface area contributed by atoms with E-state index >= 15 is 0 Å². The largest absolute Gasteiger partial charge is 0.481 e. The van der Waals surface area contributed by atoms with Crippen LogP contribution in [0.3, 0.4) is 0 Å². The number of rotatable bonds is 5. The third-order valence-corrected chi connectivity index (χ3v) is 7.35. The number of nitrogens with one attached hydrogen (secondary N) is 1. The Hall–Kier alpha value is -3.85. The molecule has 0 saturated carbocycles. The SMILES string of the molecule is Cc1sc2c(c1C)C(c1ccc(Nc3cccnc3)cc1)=NC([C@H](C)C(=O)O)c1nnc(C)n1-2. The maximum atomic E-state index is 12.0. The highest BCUT2D eigenvalue weighted by molar-refractivity contribution is 7.15. The number of aromatic nitrogens is 4. The van der Waals surface area contributed by atoms with Crippen LogP contribution in [0, 0.1) is 26.7 Å². The Morgan fingerprint density at radius 1 is 1.12 bits per heavy atom. The number of pyridine rings is 1. The van der Waals surface area contributed by atoms with E-state index < -0.39 is 17.9 Å². The number of aliphatic imine (C=N–C) groups is 1. The summed E-state index contributed by atoms with van der Waals surface area (Å²) >= 11 is 1.65. The second-order valence-corrected chi connectivity index (χ2v) is 9.60. The number of anilines is 2. The van der Waals surface area contributed by atoms with Crippen LogP contribution < -0.4 is 5.32 Å². The number of thiophene rings is 1. The van der Waals surface area contributed by atoms with Crippen LogP contribution in [0.15, 0.2) is 53.8 Å². The lowest BCUT2D eigenvalue weighted by molar-refractivity contribution is -0.141. The van der Waals surface area contributed by atoms with Gasteiger partial charge in [0.15, 0.2) is 5.82 Å². The van der Waals surface area contributed by atoms with Crippen LogP contribution in [0.5, 0.6) is 0 Å². The molecule has 172 valence electrons. The number of benzene rings is 1. The molecule has 1 unspecified atom stereocenters. The van der Waals surface area contributed by atoms with Gasteiger partial charge < -0.3 is 10.4 Å². The fraction of sp³-hybridized carbons (Fsp3) is 0.240. The van der Waals surface area contributed by atoms with Crippen molar-refractivity contribution in [3.63, 3.8) is 0 Å². The van der Waals surface area contributed by atoms with E-state index in [2.05, 4.69) is 34.3 Å². The average molecular weight is 473 g/mol. The monoisotopic (exact) mass is 472 g/mol. The van der Waals surface area contributed by atoms with Gasteiger partial charge in [-0.15, -0.1) is 21.5 Å². The van der Waals surface area contributed by atoms with Crippen LogP contribution in [0.2, 0.25) is 0 Å². The number of aryl methyl sites for hydroxylation is 2. The zero-order valence-corrected chi connectivity index (χ0v) is 20.1. The first-order chi connectivity index (χ1) is 16.3. The molecular formula is C25H24N6O2S. The Bertz CT molecular complexity index is 1410. The predicted octanol–water partition coefficient (Wildman–Crippen LogP) is 5.01. The lowest BCUT2D eigenvalue weighted by Gasteiger charge is -2.16. The zero-order chi connectivity index (χ0) is 24.0. The summed E-state index contributed by atoms with van der Waals surface area (Å²) in [5.74, 6) is -0.416. The van der Waals surface area contributed by atoms with Crippen molar-refractivity contribution in [1.82, 2.24) is 19.7 Å². The number of hydrogen-bond donors (Lipinski definition) is 2. The number of fused-ring (bicyclic) bond motifs is 3. The van der Waals surface area contributed by atoms with Crippen LogP contribution in [-0.2, 0) is 4.79 Å². The summed E-state index contributed by atoms with van der Waals surface area (Å²) in [6.07, 6.45) is 3.50. The standard InChI is InChI=1S/C25H24N6O2S/c1-13-15(3)34-24-20(13)22(17-7-9-18(10-8-17)27-19-6-5-11-26-12-19)28-21(14(2)25(32)33)23-30-29-16(4)31(23)24/h5-12,14,21,27H,1-4H3,(H,32,33)/t14-,21?/m0/s1. The summed E-state index contributed by atoms with van der Waals surface area (Å²) in [4.78, 5) is 22.3. The third-order valence-electron chi connectivity index (χ3n) is 6.16. The first-order valence-corrected chi connectivity index (χ1v) is 11.8. The third kappa shape index (κ3) is 3.67. The minimum atomic E-state index is -0.922. The van der Waals surface area contributed by atoms with Crippen LogP contribution in [0.25, 0.3) is 5.00 Å². The van der Waals surface area contributed by atoms with E-state index in [0.29, 0.717) is 11.6 Å². The molecule has 0 spiro atoms. The molecule has 1 aliphatic heterocycles. The van der Waals surface area contributed by atoms with Crippen molar-refractivity contribution in [2.75, 3.05) is 5.32 Å². The highest BCUT2D eigenvalue weighted by Crippen LogP contribution is 2.40. The van der Waals surface area contributed by atoms with Crippen LogP contribution in [0.1, 0.15) is 46.2 Å². The topological polar surface area (TPSA) is 105 Å². The minimum Gasteiger partial charge on any atom is -0.481 e. The number of nitrogens with zero attached hydrogens (tertiary/aromatic N) is 5. The summed E-state index contributed by atoms with van der Waals surface area (Å²) in [6, 6.07) is 11.2. The summed E-state index contributed by atoms with van der Waals surface area (Å²) in [6.45, 7) is 7.72. The van der Waals surface area contributed by atoms with Gasteiger partial charge in [0.05, 0.1) is 23.5 Å². The molecule has 1 aromatic carbocycles. The Morgan fingerprint density at radius 2 is 1.88 bits per heavy atom. The highest BCUT2D eigenvalue weighted by Gasteiger charge is 2.36. The number of carbonyl (C=O) groups is 1. The normalized spacial score (nSPS) is 15.6. The van der Waals surface area contributed by atoms with Gasteiger partial charge in [-0.1, -0.05) is 12.1 Å². The number of carboxylic acids is 1. The van der Waals surface area contributed by atoms with Gasteiger partial charge in [0.1, 0.15) is 16.9 Å². The van der Waals surface area contributed by atoms with E-state index in [9.17, 15) is 9.90 Å². The predicted molar refractivity (Wildman–Crippen MR) is 133 cm³/mol. The Balaban J connectivity index is 1.65. The lowest BCUT2D eigenvalue weighted by atomic mass is 9.98. The van der Waals surface area contributed by atoms with E-state index in [1.54, 1.807) is 30.7 Å². The minimum absolute atomic E-state index is 0.555. The van der Waals surface area contributed by atoms with Crippen molar-refractivity contribution >= 4 is 34.4 Å². The summed E-state index contributed by atoms with van der Waals surface area (Å²) in [5, 5.41) is 22.8. The average Bonchev–Trinajstić information content (AvgIpc) is 3.29. The van der Waals surface area contributed by atoms with Gasteiger partial charge in [-0.2, -0.15) is 0 Å². The fourth-order valence-corrected chi connectivity index (χ4v) is 5.35. The summed E-state index contributed by atoms with van der Waals surface area (Å²) < 4.78 is 1.97. The highest BCUT2D eigenvalue weighted by atomic mass is 32.1. The summed E-state index contributed by atoms with van der Waals surface area (Å²) in [5.41, 5.74) is 5.63. The van der Waals surface area contributed by atoms with Crippen LogP contribution >= 0.6 is 11.3 Å². The van der Waals surface area contributed by atoms with Crippen molar-refractivity contribution in [3.05, 3.63) is 82.0 Å². The maximum Gasteiger partial charge on any atom is 0.308 e. The Morgan fingerprint density at radius 3 is 2.56 bits per heavy atom. The molecule has 4 heterocycles. The quantitative estimate of drug-likeness (QED) is 0.423. The molecule has 0 bridgehead atoms. The maximum absolute atomic E-state index is 12.0. The van der Waals surface area contributed by atoms with E-state index in [-0.39, 0.29) is 0 Å². The van der Waals surface area contributed by atoms with Gasteiger partial charge in [-0.05, 0) is 57.5 Å². The van der Waals surface area contributed by atoms with Crippen molar-refractivity contribution < 1.29 is 9.90 Å². The number of carboxylic acid groups (broad SMARTS) is 1. The van der Waals surface area contributed by atoms with Gasteiger partial charge in [0, 0.05) is 27.9 Å². The molecule has 0 radical (unpaired) electrons. The van der Waals surface area contributed by atoms with E-state index in [4.69, 9.17) is 4.99 Å². The molecule has 2 atom stereocenters. The molecular weight excluding hydrogens is 448 g/mol. The Labute approximate surface area is 201 Å². The van der Waals surface area contributed by atoms with E-state index in [1.165, 1.54) is 4.88 Å². The smallest absolute Gasteiger partial charge is 0.308 e. The number of hydrogen-bond acceptors (Lipinski definition) is 7. The molecule has 34 heavy (non-hydrogen) atoms. The van der Waals surface area contributed by atoms with Crippen LogP contribution in [-0.4, -0.2) is 36.5 Å². The van der Waals surface area contributed by atoms with E-state index in [0.717, 1.165) is 38.8 Å². The van der Waals surface area contributed by atoms with Crippen LogP contribution in [0.4, 0.5) is 11.4 Å². The van der Waals surface area contributed by atoms with Crippen molar-refractivity contribution in [2.24, 2.45) is 10.9 Å². The zero-order valence-electron chi connectivity index (χ0n) is 19.3. The molecule has 9 heteroatoms. The van der Waals surface area contributed by atoms with Gasteiger partial charge >= 0.3 is 5.97 Å². The molecule has 0 fully saturated rings. The first kappa shape index (κ1) is 22.0. The van der Waals surface area contributed by atoms with Crippen molar-refractivity contribution in [1.29, 1.82) is 0 Å². The van der Waals surface area contributed by atoms with Gasteiger partial charge in [0.25, 0.3) is 0 Å². The number of aliphatic carboxylic acids is 1. The van der Waals surface area contributed by atoms with Gasteiger partial charge in [0.2, 0.25) is 0 Å². The van der Waals surface area contributed by atoms with Crippen molar-refractivity contribution in [3.8, 4) is 5.00 Å². The molecule has 0 amide bonds. The molecule has 1 aliphatic rings. The van der Waals surface area contributed by atoms with Gasteiger partial charge in [-0.3, -0.25) is 19.3 Å². The summed E-state index contributed by atoms with van der Waals surface area (Å²) in [7, 11) is 0. The second-order valence-electron chi connectivity index (χ2n) is 8.40. The van der Waals surface area contributed by atoms with Gasteiger partial charge in [-0.25, -0.2) is 0 Å². The first-order valence-electron chi connectivity index (χ1n) is 11.0. The molecule has 3 aromatic heterocycles. The molecule has 8 nitrogen and oxygen atoms in total. The fourth-order valence-electron chi connectivity index (χ4n) is 4.13. The van der Waals surface area contributed by atoms with E-state index in [1.807, 2.05) is 47.9 Å². The molecule has 0 aliphatic carbocycles. The lowest BCUT2D eigenvalue weighted by Crippen LogP contribution is -2.21. The molecule has 5 rings (SSSR count).